The molecule has 0 aliphatic carbocycles. The molecule has 0 saturated carbocycles. The van der Waals surface area contributed by atoms with E-state index in [2.05, 4.69) is 5.32 Å². The van der Waals surface area contributed by atoms with Crippen molar-refractivity contribution < 1.29 is 9.13 Å². The Bertz CT molecular complexity index is 422. The Morgan fingerprint density at radius 2 is 2.41 bits per heavy atom. The quantitative estimate of drug-likeness (QED) is 0.871. The molecular formula is C13H15FN2O. The summed E-state index contributed by atoms with van der Waals surface area (Å²) in [6, 6.07) is 6.49. The zero-order valence-electron chi connectivity index (χ0n) is 9.58. The lowest BCUT2D eigenvalue weighted by Crippen LogP contribution is -2.13. The van der Waals surface area contributed by atoms with E-state index in [0.717, 1.165) is 25.9 Å². The minimum Gasteiger partial charge on any atom is -0.384 e. The van der Waals surface area contributed by atoms with Gasteiger partial charge in [-0.05, 0) is 31.4 Å². The average molecular weight is 234 g/mol. The lowest BCUT2D eigenvalue weighted by Gasteiger charge is -2.12. The van der Waals surface area contributed by atoms with Crippen molar-refractivity contribution in [3.8, 4) is 6.07 Å². The van der Waals surface area contributed by atoms with Crippen molar-refractivity contribution in [1.29, 1.82) is 5.26 Å². The number of nitrogens with zero attached hydrogens (tertiary/aromatic N) is 1. The zero-order valence-corrected chi connectivity index (χ0v) is 9.58. The molecule has 1 aromatic rings. The monoisotopic (exact) mass is 234 g/mol. The Labute approximate surface area is 100 Å². The predicted octanol–water partition coefficient (Wildman–Crippen LogP) is 2.68. The van der Waals surface area contributed by atoms with Crippen molar-refractivity contribution in [3.63, 3.8) is 0 Å². The molecule has 1 aromatic carbocycles. The van der Waals surface area contributed by atoms with Crippen molar-refractivity contribution in [2.75, 3.05) is 18.5 Å². The topological polar surface area (TPSA) is 45.0 Å². The number of nitrogens with one attached hydrogen (secondary N) is 1. The van der Waals surface area contributed by atoms with E-state index in [1.807, 2.05) is 6.07 Å². The molecule has 2 rings (SSSR count). The van der Waals surface area contributed by atoms with Gasteiger partial charge >= 0.3 is 0 Å². The van der Waals surface area contributed by atoms with Crippen LogP contribution < -0.4 is 5.32 Å². The summed E-state index contributed by atoms with van der Waals surface area (Å²) >= 11 is 0. The normalized spacial score (nSPS) is 18.9. The number of hydrogen-bond acceptors (Lipinski definition) is 3. The van der Waals surface area contributed by atoms with Crippen LogP contribution in [0.1, 0.15) is 24.8 Å². The highest BCUT2D eigenvalue weighted by Gasteiger charge is 2.15. The van der Waals surface area contributed by atoms with Gasteiger partial charge in [-0.25, -0.2) is 4.39 Å². The average Bonchev–Trinajstić information content (AvgIpc) is 2.82. The van der Waals surface area contributed by atoms with Crippen molar-refractivity contribution in [3.05, 3.63) is 29.6 Å². The fourth-order valence-corrected chi connectivity index (χ4v) is 2.02. The van der Waals surface area contributed by atoms with Crippen LogP contribution in [-0.2, 0) is 4.74 Å². The molecular weight excluding hydrogens is 219 g/mol. The summed E-state index contributed by atoms with van der Waals surface area (Å²) in [5, 5.41) is 11.9. The van der Waals surface area contributed by atoms with E-state index in [-0.39, 0.29) is 5.56 Å². The van der Waals surface area contributed by atoms with Gasteiger partial charge in [-0.1, -0.05) is 6.07 Å². The summed E-state index contributed by atoms with van der Waals surface area (Å²) in [7, 11) is 0. The van der Waals surface area contributed by atoms with Gasteiger partial charge in [0.1, 0.15) is 17.4 Å². The first-order chi connectivity index (χ1) is 8.31. The highest BCUT2D eigenvalue weighted by Crippen LogP contribution is 2.19. The molecule has 4 heteroatoms. The number of benzene rings is 1. The Hall–Kier alpha value is -1.60. The van der Waals surface area contributed by atoms with Gasteiger partial charge in [0.05, 0.1) is 11.8 Å². The second-order valence-electron chi connectivity index (χ2n) is 4.12. The smallest absolute Gasteiger partial charge is 0.143 e. The largest absolute Gasteiger partial charge is 0.384 e. The van der Waals surface area contributed by atoms with Gasteiger partial charge < -0.3 is 10.1 Å². The van der Waals surface area contributed by atoms with Crippen LogP contribution in [0.25, 0.3) is 0 Å². The molecule has 0 radical (unpaired) electrons. The van der Waals surface area contributed by atoms with Crippen LogP contribution >= 0.6 is 0 Å². The fourth-order valence-electron chi connectivity index (χ4n) is 2.02. The first-order valence-corrected chi connectivity index (χ1v) is 5.85. The van der Waals surface area contributed by atoms with E-state index in [9.17, 15) is 4.39 Å². The van der Waals surface area contributed by atoms with E-state index in [4.69, 9.17) is 10.00 Å². The maximum absolute atomic E-state index is 13.3. The van der Waals surface area contributed by atoms with Crippen LogP contribution in [0.4, 0.5) is 10.1 Å². The van der Waals surface area contributed by atoms with Crippen LogP contribution in [0.2, 0.25) is 0 Å². The van der Waals surface area contributed by atoms with Gasteiger partial charge in [0, 0.05) is 13.2 Å². The van der Waals surface area contributed by atoms with Gasteiger partial charge in [-0.2, -0.15) is 5.26 Å². The predicted molar refractivity (Wildman–Crippen MR) is 63.2 cm³/mol. The molecule has 1 fully saturated rings. The Morgan fingerprint density at radius 3 is 3.12 bits per heavy atom. The Balaban J connectivity index is 1.90. The number of ether oxygens (including phenoxy) is 1. The molecule has 17 heavy (non-hydrogen) atoms. The summed E-state index contributed by atoms with van der Waals surface area (Å²) in [6.45, 7) is 1.54. The van der Waals surface area contributed by atoms with E-state index in [0.29, 0.717) is 18.3 Å². The number of anilines is 1. The highest BCUT2D eigenvalue weighted by atomic mass is 19.1. The second kappa shape index (κ2) is 5.65. The van der Waals surface area contributed by atoms with Crippen molar-refractivity contribution in [1.82, 2.24) is 0 Å². The highest BCUT2D eigenvalue weighted by molar-refractivity contribution is 5.57. The third kappa shape index (κ3) is 2.95. The molecule has 0 aromatic heterocycles. The van der Waals surface area contributed by atoms with Crippen molar-refractivity contribution in [2.24, 2.45) is 0 Å². The Morgan fingerprint density at radius 1 is 1.53 bits per heavy atom. The minimum absolute atomic E-state index is 0.0832. The number of rotatable bonds is 4. The lowest BCUT2D eigenvalue weighted by atomic mass is 10.1. The van der Waals surface area contributed by atoms with E-state index >= 15 is 0 Å². The molecule has 0 bridgehead atoms. The van der Waals surface area contributed by atoms with Crippen LogP contribution in [0.15, 0.2) is 18.2 Å². The summed E-state index contributed by atoms with van der Waals surface area (Å²) in [4.78, 5) is 0. The van der Waals surface area contributed by atoms with Crippen molar-refractivity contribution >= 4 is 5.69 Å². The first kappa shape index (κ1) is 11.9. The number of hydrogen-bond donors (Lipinski definition) is 1. The van der Waals surface area contributed by atoms with Gasteiger partial charge in [-0.3, -0.25) is 0 Å². The molecule has 90 valence electrons. The van der Waals surface area contributed by atoms with E-state index in [1.54, 1.807) is 12.1 Å². The lowest BCUT2D eigenvalue weighted by molar-refractivity contribution is 0.107. The maximum atomic E-state index is 13.3. The molecule has 3 nitrogen and oxygen atoms in total. The number of nitriles is 1. The maximum Gasteiger partial charge on any atom is 0.143 e. The molecule has 1 N–H and O–H groups in total. The van der Waals surface area contributed by atoms with Gasteiger partial charge in [0.25, 0.3) is 0 Å². The van der Waals surface area contributed by atoms with E-state index < -0.39 is 5.82 Å². The van der Waals surface area contributed by atoms with Crippen molar-refractivity contribution in [2.45, 2.75) is 25.4 Å². The summed E-state index contributed by atoms with van der Waals surface area (Å²) in [5.41, 5.74) is 0.644. The van der Waals surface area contributed by atoms with Crippen LogP contribution in [0.3, 0.4) is 0 Å². The van der Waals surface area contributed by atoms with Crippen LogP contribution in [0.5, 0.6) is 0 Å². The van der Waals surface area contributed by atoms with E-state index in [1.165, 1.54) is 6.07 Å². The SMILES string of the molecule is N#Cc1c(F)cccc1NCCC1CCCO1. The third-order valence-electron chi connectivity index (χ3n) is 2.93. The fraction of sp³-hybridized carbons (Fsp3) is 0.462. The van der Waals surface area contributed by atoms with Gasteiger partial charge in [-0.15, -0.1) is 0 Å². The summed E-state index contributed by atoms with van der Waals surface area (Å²) in [5.74, 6) is -0.477. The molecule has 0 spiro atoms. The van der Waals surface area contributed by atoms with Crippen LogP contribution in [-0.4, -0.2) is 19.3 Å². The molecule has 1 aliphatic heterocycles. The Kier molecular flexibility index (Phi) is 3.94. The standard InChI is InChI=1S/C13H15FN2O/c14-12-4-1-5-13(11(12)9-15)16-7-6-10-3-2-8-17-10/h1,4-5,10,16H,2-3,6-8H2. The molecule has 1 saturated heterocycles. The molecule has 1 aliphatic rings. The molecule has 0 amide bonds. The number of halogens is 1. The molecule has 1 atom stereocenters. The van der Waals surface area contributed by atoms with Crippen LogP contribution in [0, 0.1) is 17.1 Å². The molecule has 1 unspecified atom stereocenters. The molecule has 1 heterocycles. The third-order valence-corrected chi connectivity index (χ3v) is 2.93. The first-order valence-electron chi connectivity index (χ1n) is 5.85. The second-order valence-corrected chi connectivity index (χ2v) is 4.12. The van der Waals surface area contributed by atoms with Gasteiger partial charge in [0.2, 0.25) is 0 Å². The summed E-state index contributed by atoms with van der Waals surface area (Å²) < 4.78 is 18.8. The zero-order chi connectivity index (χ0) is 12.1. The summed E-state index contributed by atoms with van der Waals surface area (Å²) in [6.07, 6.45) is 3.41. The minimum atomic E-state index is -0.477. The van der Waals surface area contributed by atoms with Gasteiger partial charge in [0.15, 0.2) is 0 Å².